The van der Waals surface area contributed by atoms with Gasteiger partial charge in [-0.2, -0.15) is 0 Å². The molecule has 1 saturated carbocycles. The summed E-state index contributed by atoms with van der Waals surface area (Å²) in [5.41, 5.74) is 9.36. The smallest absolute Gasteiger partial charge is 0.0724 e. The van der Waals surface area contributed by atoms with Crippen molar-refractivity contribution in [3.05, 3.63) is 30.5 Å². The normalized spacial score (nSPS) is 21.4. The van der Waals surface area contributed by atoms with Gasteiger partial charge in [-0.3, -0.25) is 4.98 Å². The molecule has 0 radical (unpaired) electrons. The molecule has 1 heterocycles. The summed E-state index contributed by atoms with van der Waals surface area (Å²) < 4.78 is 0. The minimum Gasteiger partial charge on any atom is -0.397 e. The zero-order valence-corrected chi connectivity index (χ0v) is 10.2. The lowest BCUT2D eigenvalue weighted by Crippen LogP contribution is -2.10. The lowest BCUT2D eigenvalue weighted by Gasteiger charge is -2.12. The number of benzene rings is 1. The number of anilines is 2. The van der Waals surface area contributed by atoms with Gasteiger partial charge < -0.3 is 11.1 Å². The fourth-order valence-electron chi connectivity index (χ4n) is 2.20. The number of hydrogen-bond acceptors (Lipinski definition) is 3. The minimum atomic E-state index is 0.399. The summed E-state index contributed by atoms with van der Waals surface area (Å²) in [6, 6.07) is 8.52. The summed E-state index contributed by atoms with van der Waals surface area (Å²) in [6.45, 7) is 4.53. The first-order valence-corrected chi connectivity index (χ1v) is 5.98. The van der Waals surface area contributed by atoms with E-state index in [0.717, 1.165) is 22.3 Å². The molecule has 1 aromatic heterocycles. The topological polar surface area (TPSA) is 50.9 Å². The molecule has 0 saturated heterocycles. The molecule has 1 aliphatic carbocycles. The van der Waals surface area contributed by atoms with E-state index < -0.39 is 0 Å². The van der Waals surface area contributed by atoms with Crippen LogP contribution >= 0.6 is 0 Å². The number of fused-ring (bicyclic) bond motifs is 1. The Labute approximate surface area is 101 Å². The van der Waals surface area contributed by atoms with Gasteiger partial charge in [0, 0.05) is 17.6 Å². The van der Waals surface area contributed by atoms with E-state index in [1.165, 1.54) is 6.42 Å². The van der Waals surface area contributed by atoms with Gasteiger partial charge >= 0.3 is 0 Å². The number of rotatable bonds is 2. The molecule has 3 heteroatoms. The van der Waals surface area contributed by atoms with Gasteiger partial charge in [-0.15, -0.1) is 0 Å². The Morgan fingerprint density at radius 2 is 2.12 bits per heavy atom. The molecule has 0 spiro atoms. The van der Waals surface area contributed by atoms with Crippen molar-refractivity contribution in [3.8, 4) is 0 Å². The van der Waals surface area contributed by atoms with Gasteiger partial charge in [0.25, 0.3) is 0 Å². The number of nitrogens with two attached hydrogens (primary N) is 1. The molecule has 1 atom stereocenters. The Kier molecular flexibility index (Phi) is 2.05. The van der Waals surface area contributed by atoms with Crippen molar-refractivity contribution in [3.63, 3.8) is 0 Å². The van der Waals surface area contributed by atoms with Gasteiger partial charge in [0.15, 0.2) is 0 Å². The summed E-state index contributed by atoms with van der Waals surface area (Å²) in [4.78, 5) is 4.30. The first-order valence-electron chi connectivity index (χ1n) is 5.98. The van der Waals surface area contributed by atoms with Crippen LogP contribution in [0, 0.1) is 5.41 Å². The highest BCUT2D eigenvalue weighted by Gasteiger charge is 2.45. The van der Waals surface area contributed by atoms with Crippen LogP contribution in [0.4, 0.5) is 11.4 Å². The highest BCUT2D eigenvalue weighted by Crippen LogP contribution is 2.47. The maximum Gasteiger partial charge on any atom is 0.0724 e. The summed E-state index contributed by atoms with van der Waals surface area (Å²) in [5.74, 6) is 0. The quantitative estimate of drug-likeness (QED) is 0.775. The van der Waals surface area contributed by atoms with Gasteiger partial charge in [-0.05, 0) is 36.1 Å². The molecule has 3 N–H and O–H groups in total. The molecule has 1 unspecified atom stereocenters. The zero-order valence-electron chi connectivity index (χ0n) is 10.2. The van der Waals surface area contributed by atoms with Crippen LogP contribution in [0.2, 0.25) is 0 Å². The molecule has 1 aromatic carbocycles. The molecule has 0 aliphatic heterocycles. The summed E-state index contributed by atoms with van der Waals surface area (Å²) >= 11 is 0. The summed E-state index contributed by atoms with van der Waals surface area (Å²) in [5, 5.41) is 4.54. The number of pyridine rings is 1. The van der Waals surface area contributed by atoms with Crippen LogP contribution < -0.4 is 11.1 Å². The largest absolute Gasteiger partial charge is 0.397 e. The van der Waals surface area contributed by atoms with Crippen LogP contribution in [0.3, 0.4) is 0 Å². The van der Waals surface area contributed by atoms with E-state index >= 15 is 0 Å². The number of nitrogens with zero attached hydrogens (tertiary/aromatic N) is 1. The van der Waals surface area contributed by atoms with Crippen molar-refractivity contribution >= 4 is 22.3 Å². The van der Waals surface area contributed by atoms with Gasteiger partial charge in [0.05, 0.1) is 16.9 Å². The van der Waals surface area contributed by atoms with Crippen LogP contribution in [-0.2, 0) is 0 Å². The van der Waals surface area contributed by atoms with Crippen LogP contribution in [-0.4, -0.2) is 11.0 Å². The van der Waals surface area contributed by atoms with E-state index in [1.54, 1.807) is 6.20 Å². The van der Waals surface area contributed by atoms with Crippen LogP contribution in [0.5, 0.6) is 0 Å². The summed E-state index contributed by atoms with van der Waals surface area (Å²) in [7, 11) is 0. The predicted molar refractivity (Wildman–Crippen MR) is 72.0 cm³/mol. The van der Waals surface area contributed by atoms with Crippen molar-refractivity contribution in [2.24, 2.45) is 5.41 Å². The standard InChI is InChI=1S/C14H17N3/c1-14(2)8-12(14)17-11-6-5-10-9(13(11)15)4-3-7-16-10/h3-7,12,17H,8,15H2,1-2H3. The van der Waals surface area contributed by atoms with E-state index in [2.05, 4.69) is 24.1 Å². The average molecular weight is 227 g/mol. The maximum absolute atomic E-state index is 6.18. The Balaban J connectivity index is 1.98. The highest BCUT2D eigenvalue weighted by molar-refractivity contribution is 5.96. The second kappa shape index (κ2) is 3.36. The van der Waals surface area contributed by atoms with Gasteiger partial charge in [0.1, 0.15) is 0 Å². The van der Waals surface area contributed by atoms with E-state index in [4.69, 9.17) is 5.73 Å². The van der Waals surface area contributed by atoms with Crippen molar-refractivity contribution in [2.75, 3.05) is 11.1 Å². The number of nitrogens with one attached hydrogen (secondary N) is 1. The Morgan fingerprint density at radius 3 is 2.82 bits per heavy atom. The van der Waals surface area contributed by atoms with Gasteiger partial charge in [-0.1, -0.05) is 13.8 Å². The molecule has 3 rings (SSSR count). The molecule has 17 heavy (non-hydrogen) atoms. The molecule has 88 valence electrons. The van der Waals surface area contributed by atoms with Crippen molar-refractivity contribution in [1.29, 1.82) is 0 Å². The first kappa shape index (κ1) is 10.4. The SMILES string of the molecule is CC1(C)CC1Nc1ccc2ncccc2c1N. The third-order valence-corrected chi connectivity index (χ3v) is 3.67. The molecular weight excluding hydrogens is 210 g/mol. The molecule has 3 nitrogen and oxygen atoms in total. The molecular formula is C14H17N3. The number of nitrogen functional groups attached to an aromatic ring is 1. The Hall–Kier alpha value is -1.77. The number of hydrogen-bond donors (Lipinski definition) is 2. The lowest BCUT2D eigenvalue weighted by atomic mass is 10.1. The molecule has 1 fully saturated rings. The van der Waals surface area contributed by atoms with Gasteiger partial charge in [0.2, 0.25) is 0 Å². The molecule has 0 bridgehead atoms. The Morgan fingerprint density at radius 1 is 1.35 bits per heavy atom. The van der Waals surface area contributed by atoms with Crippen molar-refractivity contribution in [1.82, 2.24) is 4.98 Å². The van der Waals surface area contributed by atoms with E-state index in [0.29, 0.717) is 11.5 Å². The predicted octanol–water partition coefficient (Wildman–Crippen LogP) is 3.03. The lowest BCUT2D eigenvalue weighted by molar-refractivity contribution is 0.631. The van der Waals surface area contributed by atoms with Crippen LogP contribution in [0.1, 0.15) is 20.3 Å². The van der Waals surface area contributed by atoms with E-state index in [9.17, 15) is 0 Å². The third kappa shape index (κ3) is 1.71. The third-order valence-electron chi connectivity index (χ3n) is 3.67. The van der Waals surface area contributed by atoms with E-state index in [1.807, 2.05) is 24.3 Å². The van der Waals surface area contributed by atoms with Gasteiger partial charge in [-0.25, -0.2) is 0 Å². The molecule has 2 aromatic rings. The first-order chi connectivity index (χ1) is 8.08. The second-order valence-corrected chi connectivity index (χ2v) is 5.49. The van der Waals surface area contributed by atoms with E-state index in [-0.39, 0.29) is 0 Å². The number of aromatic nitrogens is 1. The van der Waals surface area contributed by atoms with Crippen LogP contribution in [0.25, 0.3) is 10.9 Å². The molecule has 1 aliphatic rings. The fraction of sp³-hybridized carbons (Fsp3) is 0.357. The second-order valence-electron chi connectivity index (χ2n) is 5.49. The average Bonchev–Trinajstić information content (AvgIpc) is 2.91. The maximum atomic E-state index is 6.18. The minimum absolute atomic E-state index is 0.399. The zero-order chi connectivity index (χ0) is 12.0. The molecule has 0 amide bonds. The monoisotopic (exact) mass is 227 g/mol. The van der Waals surface area contributed by atoms with Crippen molar-refractivity contribution in [2.45, 2.75) is 26.3 Å². The fourth-order valence-corrected chi connectivity index (χ4v) is 2.20. The van der Waals surface area contributed by atoms with Crippen molar-refractivity contribution < 1.29 is 0 Å². The van der Waals surface area contributed by atoms with Crippen LogP contribution in [0.15, 0.2) is 30.5 Å². The highest BCUT2D eigenvalue weighted by atomic mass is 15.0. The summed E-state index contributed by atoms with van der Waals surface area (Å²) in [6.07, 6.45) is 3.00. The Bertz CT molecular complexity index is 575.